The summed E-state index contributed by atoms with van der Waals surface area (Å²) in [4.78, 5) is 0. The predicted octanol–water partition coefficient (Wildman–Crippen LogP) is -26.3. The fourth-order valence-corrected chi connectivity index (χ4v) is 0. The summed E-state index contributed by atoms with van der Waals surface area (Å²) in [6.07, 6.45) is 0. The topological polar surface area (TPSA) is 343 Å². The summed E-state index contributed by atoms with van der Waals surface area (Å²) in [5.41, 5.74) is 0. The van der Waals surface area contributed by atoms with Crippen LogP contribution in [0.2, 0.25) is 0 Å². The third-order valence-corrected chi connectivity index (χ3v) is 0. The van der Waals surface area contributed by atoms with E-state index in [9.17, 15) is 17.4 Å². The van der Waals surface area contributed by atoms with Gasteiger partial charge in [0.15, 0.2) is 0 Å². The van der Waals surface area contributed by atoms with Gasteiger partial charge in [-0.25, -0.2) is 0 Å². The van der Waals surface area contributed by atoms with E-state index in [-0.39, 0.29) is 113 Å². The van der Waals surface area contributed by atoms with E-state index in [2.05, 4.69) is 0 Å². The van der Waals surface area contributed by atoms with Crippen molar-refractivity contribution in [2.24, 2.45) is 0 Å². The van der Waals surface area contributed by atoms with Gasteiger partial charge in [-0.3, -0.25) is 0 Å². The van der Waals surface area contributed by atoms with Crippen LogP contribution in [0.5, 0.6) is 0 Å². The van der Waals surface area contributed by atoms with Crippen LogP contribution in [-0.4, -0.2) is 115 Å². The minimum Gasteiger partial charge on any atom is 1.00 e. The molecule has 0 saturated carbocycles. The standard InChI is InChI=1S/6FHO3Te.6Li/c6*1-5(2,3)4;;;;;;/h6*(H,2,3,4);;;;;;/q;;;;;;6*+1/p-6. The van der Waals surface area contributed by atoms with Gasteiger partial charge in [-0.1, -0.05) is 0 Å². The first-order valence-electron chi connectivity index (χ1n) is 3.93. The van der Waals surface area contributed by atoms with Crippen molar-refractivity contribution in [3.63, 3.8) is 0 Å². The molecule has 0 N–H and O–H groups in total. The molecule has 36 heavy (non-hydrogen) atoms. The van der Waals surface area contributed by atoms with Crippen molar-refractivity contribution in [2.45, 2.75) is 0 Å². The van der Waals surface area contributed by atoms with Gasteiger partial charge >= 0.3 is 303 Å². The van der Waals surface area contributed by atoms with Crippen LogP contribution in [0.25, 0.3) is 0 Å². The molecular formula is F6Li6O18Te6. The largest absolute Gasteiger partial charge is 1.00 e. The number of hydrogen-bond acceptors (Lipinski definition) is 18. The number of rotatable bonds is 0. The molecule has 0 fully saturated rings. The maximum absolute atomic E-state index is 10.2. The van der Waals surface area contributed by atoms with Gasteiger partial charge < -0.3 is 0 Å². The fraction of sp³-hybridized carbons (Fsp3) is 0. The van der Waals surface area contributed by atoms with Crippen LogP contribution >= 0.6 is 0 Å². The second-order valence-electron chi connectivity index (χ2n) is 2.36. The number of hydrogen-bond donors (Lipinski definition) is 0. The zero-order valence-electron chi connectivity index (χ0n) is 18.1. The predicted molar refractivity (Wildman–Crippen MR) is 49.4 cm³/mol. The van der Waals surface area contributed by atoms with Crippen molar-refractivity contribution in [2.75, 3.05) is 0 Å². The van der Waals surface area contributed by atoms with Crippen molar-refractivity contribution in [3.05, 3.63) is 0 Å². The van der Waals surface area contributed by atoms with Gasteiger partial charge in [0.2, 0.25) is 0 Å². The summed E-state index contributed by atoms with van der Waals surface area (Å²) in [6.45, 7) is 0. The zero-order valence-corrected chi connectivity index (χ0v) is 32.0. The summed E-state index contributed by atoms with van der Waals surface area (Å²) in [6, 6.07) is 0. The van der Waals surface area contributed by atoms with Gasteiger partial charge in [0, 0.05) is 0 Å². The van der Waals surface area contributed by atoms with E-state index in [0.29, 0.717) is 0 Å². The Hall–Kier alpha value is 5.26. The maximum atomic E-state index is 10.2. The first kappa shape index (κ1) is 78.1. The van der Waals surface area contributed by atoms with Crippen molar-refractivity contribution >= 4 is 115 Å². The molecule has 192 valence electrons. The molecular weight excluding hydrogens is 1210 g/mol. The molecule has 0 bridgehead atoms. The molecule has 0 aliphatic heterocycles. The van der Waals surface area contributed by atoms with Gasteiger partial charge in [0.1, 0.15) is 0 Å². The Balaban J connectivity index is -0.0000000186. The van der Waals surface area contributed by atoms with Crippen LogP contribution in [0.15, 0.2) is 0 Å². The molecule has 0 aliphatic carbocycles. The Bertz CT molecular complexity index is 796. The van der Waals surface area contributed by atoms with Crippen LogP contribution in [0, 0.1) is 0 Å². The average Bonchev–Trinajstić information content (AvgIpc) is 1.94. The molecule has 0 aliphatic rings. The second-order valence-corrected chi connectivity index (χ2v) is 15.8. The average molecular weight is 1210 g/mol. The van der Waals surface area contributed by atoms with Gasteiger partial charge in [-0.05, 0) is 0 Å². The molecule has 18 nitrogen and oxygen atoms in total. The molecule has 0 unspecified atom stereocenters. The molecule has 0 atom stereocenters. The Kier molecular flexibility index (Phi) is 79.1. The van der Waals surface area contributed by atoms with E-state index < -0.39 is 115 Å². The molecule has 0 aromatic rings. The molecule has 0 aromatic carbocycles. The minimum absolute atomic E-state index is 0. The van der Waals surface area contributed by atoms with Crippen molar-refractivity contribution in [3.8, 4) is 0 Å². The summed E-state index contributed by atoms with van der Waals surface area (Å²) in [5, 5.41) is 0. The van der Waals surface area contributed by atoms with E-state index in [1.165, 1.54) is 0 Å². The summed E-state index contributed by atoms with van der Waals surface area (Å²) >= 11 is -37.6. The third-order valence-electron chi connectivity index (χ3n) is 0. The van der Waals surface area contributed by atoms with E-state index in [0.717, 1.165) is 0 Å². The van der Waals surface area contributed by atoms with E-state index >= 15 is 0 Å². The first-order chi connectivity index (χ1) is 12.0. The van der Waals surface area contributed by atoms with Crippen molar-refractivity contribution < 1.29 is 189 Å². The summed E-state index contributed by atoms with van der Waals surface area (Å²) in [5.74, 6) is 0. The van der Waals surface area contributed by atoms with E-state index in [1.54, 1.807) is 0 Å². The normalized spacial score (nSPS) is 9.67. The smallest absolute Gasteiger partial charge is 1.00 e. The first-order valence-corrected chi connectivity index (χ1v) is 26.3. The second kappa shape index (κ2) is 36.5. The minimum atomic E-state index is -6.27. The van der Waals surface area contributed by atoms with Gasteiger partial charge in [-0.2, -0.15) is 0 Å². The molecule has 0 saturated heterocycles. The fourth-order valence-electron chi connectivity index (χ4n) is 0. The third kappa shape index (κ3) is 2080. The summed E-state index contributed by atoms with van der Waals surface area (Å²) in [7, 11) is 0. The van der Waals surface area contributed by atoms with Gasteiger partial charge in [0.25, 0.3) is 0 Å². The van der Waals surface area contributed by atoms with Crippen LogP contribution in [0.3, 0.4) is 0 Å². The molecule has 0 radical (unpaired) electrons. The number of halogens is 6. The van der Waals surface area contributed by atoms with Gasteiger partial charge in [0.05, 0.1) is 0 Å². The Morgan fingerprint density at radius 1 is 0.250 bits per heavy atom. The quantitative estimate of drug-likeness (QED) is 0.161. The monoisotopic (exact) mass is 1220 g/mol. The van der Waals surface area contributed by atoms with Crippen LogP contribution in [0.1, 0.15) is 0 Å². The SMILES string of the molecule is O=[Te](=O)([O-])F.O=[Te](=O)([O-])F.O=[Te](=O)([O-])F.O=[Te](=O)([O-])F.O=[Te](=O)([O-])F.O=[Te](=O)([O-])F.[Li+].[Li+].[Li+].[Li+].[Li+].[Li+]. The maximum Gasteiger partial charge on any atom is 1.00 e. The Morgan fingerprint density at radius 2 is 0.250 bits per heavy atom. The van der Waals surface area contributed by atoms with E-state index in [1.807, 2.05) is 0 Å². The molecule has 0 aromatic heterocycles. The zero-order chi connectivity index (χ0) is 27.0. The molecule has 0 heterocycles. The van der Waals surface area contributed by atoms with Crippen molar-refractivity contribution in [1.29, 1.82) is 0 Å². The van der Waals surface area contributed by atoms with Crippen molar-refractivity contribution in [1.82, 2.24) is 0 Å². The van der Waals surface area contributed by atoms with Gasteiger partial charge in [-0.15, -0.1) is 0 Å². The Morgan fingerprint density at radius 3 is 0.250 bits per heavy atom. The van der Waals surface area contributed by atoms with Crippen LogP contribution in [0.4, 0.5) is 17.4 Å². The van der Waals surface area contributed by atoms with E-state index in [4.69, 9.17) is 58.1 Å². The van der Waals surface area contributed by atoms with Crippen LogP contribution in [-0.2, 0) is 37.3 Å². The molecule has 0 amide bonds. The molecule has 36 heteroatoms. The summed E-state index contributed by atoms with van der Waals surface area (Å²) < 4.78 is 215. The Labute approximate surface area is 297 Å². The molecule has 0 rings (SSSR count). The van der Waals surface area contributed by atoms with Crippen LogP contribution < -0.4 is 134 Å². The molecule has 0 spiro atoms.